The number of hydrogen-bond donors (Lipinski definition) is 1. The molecule has 2 aromatic rings. The lowest BCUT2D eigenvalue weighted by Crippen LogP contribution is -1.89. The molecule has 1 aromatic heterocycles. The molecule has 0 unspecified atom stereocenters. The molecule has 0 saturated carbocycles. The summed E-state index contributed by atoms with van der Waals surface area (Å²) in [4.78, 5) is 13.7. The van der Waals surface area contributed by atoms with Crippen LogP contribution in [0.3, 0.4) is 0 Å². The fourth-order valence-corrected chi connectivity index (χ4v) is 2.00. The third-order valence-corrected chi connectivity index (χ3v) is 2.70. The van der Waals surface area contributed by atoms with Gasteiger partial charge in [-0.3, -0.25) is 4.79 Å². The number of aromatic nitrogens is 1. The molecule has 0 atom stereocenters. The van der Waals surface area contributed by atoms with E-state index in [1.165, 1.54) is 11.3 Å². The highest BCUT2D eigenvalue weighted by Crippen LogP contribution is 2.15. The smallest absolute Gasteiger partial charge is 0.305 e. The normalized spacial score (nSPS) is 9.79. The second kappa shape index (κ2) is 3.87. The maximum Gasteiger partial charge on any atom is 0.305 e. The number of fused-ring (bicyclic) bond motifs is 1. The summed E-state index contributed by atoms with van der Waals surface area (Å²) in [6.07, 6.45) is 0. The van der Waals surface area contributed by atoms with Gasteiger partial charge in [0.2, 0.25) is 0 Å². The Morgan fingerprint density at radius 3 is 3.14 bits per heavy atom. The number of thiazole rings is 1. The third-order valence-electron chi connectivity index (χ3n) is 1.72. The Kier molecular flexibility index (Phi) is 2.58. The number of rotatable bonds is 0. The number of aromatic amines is 1. The summed E-state index contributed by atoms with van der Waals surface area (Å²) in [6, 6.07) is 5.60. The van der Waals surface area contributed by atoms with Gasteiger partial charge in [0, 0.05) is 5.56 Å². The minimum atomic E-state index is -0.0394. The van der Waals surface area contributed by atoms with Crippen LogP contribution in [0.25, 0.3) is 10.2 Å². The van der Waals surface area contributed by atoms with Crippen LogP contribution in [-0.4, -0.2) is 10.9 Å². The van der Waals surface area contributed by atoms with Gasteiger partial charge in [0.25, 0.3) is 0 Å². The molecule has 1 aromatic carbocycles. The number of nitrogens with one attached hydrogen (secondary N) is 1. The van der Waals surface area contributed by atoms with Crippen LogP contribution in [0, 0.1) is 11.8 Å². The molecule has 0 aliphatic rings. The van der Waals surface area contributed by atoms with Crippen LogP contribution in [0.1, 0.15) is 5.56 Å². The Bertz CT molecular complexity index is 573. The minimum Gasteiger partial charge on any atom is -0.312 e. The van der Waals surface area contributed by atoms with Crippen LogP contribution in [0.5, 0.6) is 0 Å². The van der Waals surface area contributed by atoms with Gasteiger partial charge >= 0.3 is 4.87 Å². The molecule has 0 saturated heterocycles. The van der Waals surface area contributed by atoms with Crippen molar-refractivity contribution in [3.63, 3.8) is 0 Å². The van der Waals surface area contributed by atoms with Crippen LogP contribution < -0.4 is 4.87 Å². The van der Waals surface area contributed by atoms with Crippen molar-refractivity contribution >= 4 is 33.2 Å². The van der Waals surface area contributed by atoms with E-state index >= 15 is 0 Å². The molecule has 4 heteroatoms. The van der Waals surface area contributed by atoms with Crippen molar-refractivity contribution < 1.29 is 0 Å². The molecule has 70 valence electrons. The highest BCUT2D eigenvalue weighted by Gasteiger charge is 1.98. The van der Waals surface area contributed by atoms with Crippen LogP contribution in [-0.2, 0) is 0 Å². The Hall–Kier alpha value is -1.24. The van der Waals surface area contributed by atoms with Crippen molar-refractivity contribution in [3.8, 4) is 11.8 Å². The molecule has 14 heavy (non-hydrogen) atoms. The summed E-state index contributed by atoms with van der Waals surface area (Å²) in [7, 11) is 0. The monoisotopic (exact) mass is 223 g/mol. The van der Waals surface area contributed by atoms with Crippen molar-refractivity contribution in [2.45, 2.75) is 0 Å². The fraction of sp³-hybridized carbons (Fsp3) is 0.100. The largest absolute Gasteiger partial charge is 0.312 e. The first-order chi connectivity index (χ1) is 6.79. The molecule has 1 N–H and O–H groups in total. The van der Waals surface area contributed by atoms with Crippen LogP contribution in [0.15, 0.2) is 23.0 Å². The van der Waals surface area contributed by atoms with E-state index in [0.717, 1.165) is 15.8 Å². The quantitative estimate of drug-likeness (QED) is 0.539. The van der Waals surface area contributed by atoms with Gasteiger partial charge < -0.3 is 4.98 Å². The van der Waals surface area contributed by atoms with E-state index in [0.29, 0.717) is 5.88 Å². The van der Waals surface area contributed by atoms with Crippen LogP contribution >= 0.6 is 22.9 Å². The van der Waals surface area contributed by atoms with Gasteiger partial charge in [-0.2, -0.15) is 0 Å². The average Bonchev–Trinajstić information content (AvgIpc) is 2.54. The molecule has 0 amide bonds. The van der Waals surface area contributed by atoms with E-state index in [2.05, 4.69) is 16.8 Å². The Morgan fingerprint density at radius 1 is 1.50 bits per heavy atom. The molecule has 0 radical (unpaired) electrons. The molecular formula is C10H6ClNOS. The number of H-pyrrole nitrogens is 1. The summed E-state index contributed by atoms with van der Waals surface area (Å²) in [6.45, 7) is 0. The van der Waals surface area contributed by atoms with E-state index < -0.39 is 0 Å². The van der Waals surface area contributed by atoms with Crippen molar-refractivity contribution in [2.75, 3.05) is 5.88 Å². The summed E-state index contributed by atoms with van der Waals surface area (Å²) >= 11 is 6.63. The fourth-order valence-electron chi connectivity index (χ4n) is 1.16. The third kappa shape index (κ3) is 1.82. The van der Waals surface area contributed by atoms with Crippen molar-refractivity contribution in [1.82, 2.24) is 4.98 Å². The molecule has 0 aliphatic heterocycles. The first-order valence-electron chi connectivity index (χ1n) is 3.97. The number of hydrogen-bond acceptors (Lipinski definition) is 2. The van der Waals surface area contributed by atoms with Gasteiger partial charge in [0.05, 0.1) is 16.1 Å². The molecule has 2 rings (SSSR count). The van der Waals surface area contributed by atoms with Gasteiger partial charge in [0.15, 0.2) is 0 Å². The molecule has 0 fully saturated rings. The Morgan fingerprint density at radius 2 is 2.36 bits per heavy atom. The second-order valence-electron chi connectivity index (χ2n) is 2.66. The highest BCUT2D eigenvalue weighted by atomic mass is 35.5. The topological polar surface area (TPSA) is 32.9 Å². The minimum absolute atomic E-state index is 0.0394. The SMILES string of the molecule is O=c1[nH]c2ccc(C#CCCl)cc2s1. The zero-order valence-electron chi connectivity index (χ0n) is 7.13. The van der Waals surface area contributed by atoms with E-state index in [1.54, 1.807) is 0 Å². The van der Waals surface area contributed by atoms with Crippen molar-refractivity contribution in [2.24, 2.45) is 0 Å². The van der Waals surface area contributed by atoms with Gasteiger partial charge in [0.1, 0.15) is 0 Å². The Labute approximate surface area is 89.5 Å². The van der Waals surface area contributed by atoms with Gasteiger partial charge in [-0.1, -0.05) is 23.2 Å². The lowest BCUT2D eigenvalue weighted by Gasteiger charge is -1.89. The standard InChI is InChI=1S/C10H6ClNOS/c11-5-1-2-7-3-4-8-9(6-7)14-10(13)12-8/h3-4,6H,5H2,(H,12,13). The maximum absolute atomic E-state index is 11.0. The maximum atomic E-state index is 11.0. The highest BCUT2D eigenvalue weighted by molar-refractivity contribution is 7.16. The number of halogens is 1. The molecular weight excluding hydrogens is 218 g/mol. The van der Waals surface area contributed by atoms with E-state index in [9.17, 15) is 4.79 Å². The summed E-state index contributed by atoms with van der Waals surface area (Å²) < 4.78 is 0.927. The first-order valence-corrected chi connectivity index (χ1v) is 5.32. The molecule has 2 nitrogen and oxygen atoms in total. The first kappa shape index (κ1) is 9.32. The molecule has 1 heterocycles. The number of benzene rings is 1. The Balaban J connectivity index is 2.55. The summed E-state index contributed by atoms with van der Waals surface area (Å²) in [5.74, 6) is 5.99. The van der Waals surface area contributed by atoms with E-state index in [1.807, 2.05) is 18.2 Å². The predicted octanol–water partition coefficient (Wildman–Crippen LogP) is 2.18. The van der Waals surface area contributed by atoms with Crippen LogP contribution in [0.2, 0.25) is 0 Å². The van der Waals surface area contributed by atoms with Gasteiger partial charge in [-0.15, -0.1) is 11.6 Å². The lowest BCUT2D eigenvalue weighted by molar-refractivity contribution is 1.41. The van der Waals surface area contributed by atoms with Gasteiger partial charge in [-0.05, 0) is 18.2 Å². The lowest BCUT2D eigenvalue weighted by atomic mass is 10.2. The predicted molar refractivity (Wildman–Crippen MR) is 60.0 cm³/mol. The molecule has 0 aliphatic carbocycles. The second-order valence-corrected chi connectivity index (χ2v) is 3.94. The summed E-state index contributed by atoms with van der Waals surface area (Å²) in [5.41, 5.74) is 1.74. The van der Waals surface area contributed by atoms with Crippen molar-refractivity contribution in [1.29, 1.82) is 0 Å². The number of alkyl halides is 1. The van der Waals surface area contributed by atoms with E-state index in [-0.39, 0.29) is 4.87 Å². The molecule has 0 spiro atoms. The van der Waals surface area contributed by atoms with Gasteiger partial charge in [-0.25, -0.2) is 0 Å². The van der Waals surface area contributed by atoms with Crippen molar-refractivity contribution in [3.05, 3.63) is 33.4 Å². The summed E-state index contributed by atoms with van der Waals surface area (Å²) in [5, 5.41) is 0. The zero-order chi connectivity index (χ0) is 9.97. The van der Waals surface area contributed by atoms with Crippen LogP contribution in [0.4, 0.5) is 0 Å². The van der Waals surface area contributed by atoms with E-state index in [4.69, 9.17) is 11.6 Å². The molecule has 0 bridgehead atoms. The average molecular weight is 224 g/mol. The zero-order valence-corrected chi connectivity index (χ0v) is 8.71.